The number of piperazine rings is 1. The largest absolute Gasteiger partial charge is 0.491 e. The van der Waals surface area contributed by atoms with Crippen LogP contribution in [-0.2, 0) is 25.7 Å². The molecule has 2 saturated heterocycles. The van der Waals surface area contributed by atoms with E-state index in [-0.39, 0.29) is 29.2 Å². The van der Waals surface area contributed by atoms with E-state index in [4.69, 9.17) is 16.3 Å². The van der Waals surface area contributed by atoms with Gasteiger partial charge in [-0.3, -0.25) is 34.2 Å². The monoisotopic (exact) mass is 870 g/mol. The van der Waals surface area contributed by atoms with Crippen molar-refractivity contribution in [3.05, 3.63) is 89.5 Å². The normalized spacial score (nSPS) is 16.7. The number of hydrogen-bond donors (Lipinski definition) is 3. The number of rotatable bonds is 18. The Morgan fingerprint density at radius 2 is 1.84 bits per heavy atom. The number of thioether (sulfide) groups is 1. The number of imide groups is 1. The minimum Gasteiger partial charge on any atom is -0.491 e. The smallest absolute Gasteiger partial charge is 0.255 e. The van der Waals surface area contributed by atoms with Crippen molar-refractivity contribution >= 4 is 81.0 Å². The van der Waals surface area contributed by atoms with Gasteiger partial charge in [0.2, 0.25) is 23.6 Å². The Morgan fingerprint density at radius 3 is 2.62 bits per heavy atom. The van der Waals surface area contributed by atoms with E-state index in [2.05, 4.69) is 37.4 Å². The molecule has 5 amide bonds. The number of benzene rings is 3. The van der Waals surface area contributed by atoms with E-state index >= 15 is 0 Å². The summed E-state index contributed by atoms with van der Waals surface area (Å²) in [6.45, 7) is 8.04. The molecule has 3 aromatic carbocycles. The number of nitrogens with zero attached hydrogens (tertiary/aromatic N) is 5. The Kier molecular flexibility index (Phi) is 14.5. The molecule has 1 atom stereocenters. The van der Waals surface area contributed by atoms with Gasteiger partial charge in [0.05, 0.1) is 22.8 Å². The van der Waals surface area contributed by atoms with E-state index in [1.54, 1.807) is 34.9 Å². The highest BCUT2D eigenvalue weighted by molar-refractivity contribution is 7.99. The molecule has 3 N–H and O–H groups in total. The second-order valence-electron chi connectivity index (χ2n) is 15.2. The summed E-state index contributed by atoms with van der Waals surface area (Å²) in [5, 5.41) is 8.88. The molecule has 4 aromatic rings. The van der Waals surface area contributed by atoms with Crippen molar-refractivity contribution in [1.82, 2.24) is 30.0 Å². The lowest BCUT2D eigenvalue weighted by Gasteiger charge is -2.34. The maximum atomic E-state index is 13.7. The molecule has 1 aromatic heterocycles. The van der Waals surface area contributed by atoms with Crippen molar-refractivity contribution < 1.29 is 33.1 Å². The summed E-state index contributed by atoms with van der Waals surface area (Å²) in [7, 11) is 0. The van der Waals surface area contributed by atoms with Gasteiger partial charge in [0.1, 0.15) is 29.8 Å². The van der Waals surface area contributed by atoms with Gasteiger partial charge in [-0.2, -0.15) is 0 Å². The van der Waals surface area contributed by atoms with Crippen molar-refractivity contribution in [2.45, 2.75) is 68.8 Å². The standard InChI is InChI=1S/C44H48ClFN8O6S/c1-2-39(55)50-35-24-30-34(47-27-48-42(30)49-28-12-13-33(46)32(45)23-28)25-37(35)60-21-8-16-52-17-19-53(20-18-52)41(57)11-5-3-4-6-22-61-38-10-7-9-29-31(38)26-54(44(29)59)36-14-15-40(56)51-43(36)58/h2,7,9-10,12-13,23-25,27,36H,1,3-6,8,11,14-22,26H2,(H,50,55)(H,47,48,49)(H,51,56,58). The summed E-state index contributed by atoms with van der Waals surface area (Å²) in [6, 6.07) is 12.8. The number of hydrogen-bond acceptors (Lipinski definition) is 11. The van der Waals surface area contributed by atoms with Crippen LogP contribution in [0.1, 0.15) is 67.3 Å². The Hall–Kier alpha value is -5.58. The Balaban J connectivity index is 0.797. The number of aromatic nitrogens is 2. The van der Waals surface area contributed by atoms with Gasteiger partial charge in [0.25, 0.3) is 5.91 Å². The van der Waals surface area contributed by atoms with Crippen LogP contribution in [0.25, 0.3) is 10.9 Å². The van der Waals surface area contributed by atoms with Crippen LogP contribution >= 0.6 is 23.4 Å². The van der Waals surface area contributed by atoms with Crippen LogP contribution in [0.3, 0.4) is 0 Å². The number of nitrogens with one attached hydrogen (secondary N) is 3. The fraction of sp³-hybridized carbons (Fsp3) is 0.386. The molecule has 0 aliphatic carbocycles. The van der Waals surface area contributed by atoms with Gasteiger partial charge in [0, 0.05) is 79.7 Å². The van der Waals surface area contributed by atoms with Crippen molar-refractivity contribution in [3.63, 3.8) is 0 Å². The number of amides is 5. The molecule has 3 aliphatic rings. The molecule has 3 aliphatic heterocycles. The summed E-state index contributed by atoms with van der Waals surface area (Å²) in [6.07, 6.45) is 8.22. The number of anilines is 3. The van der Waals surface area contributed by atoms with E-state index in [9.17, 15) is 28.4 Å². The first kappa shape index (κ1) is 43.5. The average Bonchev–Trinajstić information content (AvgIpc) is 3.59. The van der Waals surface area contributed by atoms with E-state index in [1.165, 1.54) is 24.5 Å². The molecule has 0 saturated carbocycles. The van der Waals surface area contributed by atoms with Gasteiger partial charge >= 0.3 is 0 Å². The summed E-state index contributed by atoms with van der Waals surface area (Å²) in [4.78, 5) is 78.2. The Labute approximate surface area is 362 Å². The number of carbonyl (C=O) groups is 5. The van der Waals surface area contributed by atoms with Crippen LogP contribution in [0.2, 0.25) is 5.02 Å². The second kappa shape index (κ2) is 20.3. The maximum Gasteiger partial charge on any atom is 0.255 e. The highest BCUT2D eigenvalue weighted by Crippen LogP contribution is 2.36. The van der Waals surface area contributed by atoms with Crippen LogP contribution in [0.5, 0.6) is 5.75 Å². The van der Waals surface area contributed by atoms with E-state index < -0.39 is 23.7 Å². The molecular weight excluding hydrogens is 823 g/mol. The molecule has 17 heteroatoms. The van der Waals surface area contributed by atoms with Crippen LogP contribution in [0, 0.1) is 5.82 Å². The molecular formula is C44H48ClFN8O6S. The van der Waals surface area contributed by atoms with Crippen molar-refractivity contribution in [3.8, 4) is 5.75 Å². The van der Waals surface area contributed by atoms with Crippen LogP contribution < -0.4 is 20.7 Å². The fourth-order valence-electron chi connectivity index (χ4n) is 7.75. The lowest BCUT2D eigenvalue weighted by molar-refractivity contribution is -0.137. The number of ether oxygens (including phenoxy) is 1. The third kappa shape index (κ3) is 10.8. The predicted octanol–water partition coefficient (Wildman–Crippen LogP) is 6.71. The van der Waals surface area contributed by atoms with E-state index in [1.807, 2.05) is 23.1 Å². The van der Waals surface area contributed by atoms with Gasteiger partial charge in [-0.25, -0.2) is 14.4 Å². The Bertz CT molecular complexity index is 2330. The molecule has 7 rings (SSSR count). The van der Waals surface area contributed by atoms with Crippen LogP contribution in [0.4, 0.5) is 21.6 Å². The summed E-state index contributed by atoms with van der Waals surface area (Å²) < 4.78 is 19.9. The van der Waals surface area contributed by atoms with Gasteiger partial charge in [-0.15, -0.1) is 11.8 Å². The molecule has 1 unspecified atom stereocenters. The first-order valence-corrected chi connectivity index (χ1v) is 21.9. The third-order valence-electron chi connectivity index (χ3n) is 11.0. The number of halogens is 2. The number of unbranched alkanes of at least 4 members (excludes halogenated alkanes) is 3. The third-order valence-corrected chi connectivity index (χ3v) is 12.5. The quantitative estimate of drug-likeness (QED) is 0.0421. The number of fused-ring (bicyclic) bond motifs is 2. The summed E-state index contributed by atoms with van der Waals surface area (Å²) in [5.41, 5.74) is 3.11. The SMILES string of the molecule is C=CC(=O)Nc1cc2c(Nc3ccc(F)c(Cl)c3)ncnc2cc1OCCCN1CCN(C(=O)CCCCCCSc2cccc3c2CN(C2CCC(=O)NC2=O)C3=O)CC1. The molecule has 320 valence electrons. The summed E-state index contributed by atoms with van der Waals surface area (Å²) >= 11 is 7.68. The highest BCUT2D eigenvalue weighted by atomic mass is 35.5. The van der Waals surface area contributed by atoms with Crippen molar-refractivity contribution in [1.29, 1.82) is 0 Å². The first-order chi connectivity index (χ1) is 29.6. The molecule has 0 spiro atoms. The summed E-state index contributed by atoms with van der Waals surface area (Å²) in [5.74, 6) is 0.169. The minimum absolute atomic E-state index is 0.0295. The maximum absolute atomic E-state index is 13.7. The zero-order valence-electron chi connectivity index (χ0n) is 33.7. The first-order valence-electron chi connectivity index (χ1n) is 20.5. The fourth-order valence-corrected chi connectivity index (χ4v) is 9.02. The van der Waals surface area contributed by atoms with Crippen LogP contribution in [-0.4, -0.2) is 105 Å². The average molecular weight is 871 g/mol. The predicted molar refractivity (Wildman–Crippen MR) is 232 cm³/mol. The molecule has 61 heavy (non-hydrogen) atoms. The number of piperidine rings is 1. The topological polar surface area (TPSA) is 166 Å². The number of carbonyl (C=O) groups excluding carboxylic acids is 5. The molecule has 4 heterocycles. The van der Waals surface area contributed by atoms with Crippen molar-refractivity contribution in [2.75, 3.05) is 55.7 Å². The molecule has 0 radical (unpaired) electrons. The van der Waals surface area contributed by atoms with Gasteiger partial charge < -0.3 is 25.2 Å². The van der Waals surface area contributed by atoms with Gasteiger partial charge in [-0.05, 0) is 79.5 Å². The van der Waals surface area contributed by atoms with Gasteiger partial charge in [0.15, 0.2) is 0 Å². The zero-order chi connectivity index (χ0) is 42.9. The molecule has 2 fully saturated rings. The van der Waals surface area contributed by atoms with Gasteiger partial charge in [-0.1, -0.05) is 37.1 Å². The van der Waals surface area contributed by atoms with Crippen molar-refractivity contribution in [2.24, 2.45) is 0 Å². The lowest BCUT2D eigenvalue weighted by Crippen LogP contribution is -2.52. The second-order valence-corrected chi connectivity index (χ2v) is 16.7. The molecule has 14 nitrogen and oxygen atoms in total. The van der Waals surface area contributed by atoms with Crippen LogP contribution in [0.15, 0.2) is 72.4 Å². The lowest BCUT2D eigenvalue weighted by atomic mass is 10.0. The van der Waals surface area contributed by atoms with E-state index in [0.29, 0.717) is 78.5 Å². The minimum atomic E-state index is -0.624. The Morgan fingerprint density at radius 1 is 1.02 bits per heavy atom. The van der Waals surface area contributed by atoms with E-state index in [0.717, 1.165) is 68.0 Å². The zero-order valence-corrected chi connectivity index (χ0v) is 35.3. The molecule has 0 bridgehead atoms. The highest BCUT2D eigenvalue weighted by Gasteiger charge is 2.39.